The minimum atomic E-state index is 0.617. The van der Waals surface area contributed by atoms with Crippen LogP contribution < -0.4 is 5.32 Å². The topological polar surface area (TPSA) is 15.3 Å². The molecule has 0 amide bonds. The molecule has 0 spiro atoms. The molecule has 1 rings (SSSR count). The summed E-state index contributed by atoms with van der Waals surface area (Å²) >= 11 is 0. The Hall–Kier alpha value is -1.02. The van der Waals surface area contributed by atoms with Gasteiger partial charge in [-0.1, -0.05) is 32.0 Å². The zero-order valence-electron chi connectivity index (χ0n) is 12.5. The molecule has 18 heavy (non-hydrogen) atoms. The average Bonchev–Trinajstić information content (AvgIpc) is 2.29. The van der Waals surface area contributed by atoms with E-state index in [9.17, 15) is 0 Å². The molecule has 0 aliphatic heterocycles. The Morgan fingerprint density at radius 1 is 1.11 bits per heavy atom. The molecule has 0 aliphatic rings. The van der Waals surface area contributed by atoms with E-state index in [0.29, 0.717) is 6.04 Å². The van der Waals surface area contributed by atoms with E-state index in [1.807, 2.05) is 0 Å². The molecule has 0 saturated carbocycles. The van der Waals surface area contributed by atoms with Crippen molar-refractivity contribution >= 4 is 5.69 Å². The van der Waals surface area contributed by atoms with Crippen molar-refractivity contribution in [3.05, 3.63) is 29.8 Å². The summed E-state index contributed by atoms with van der Waals surface area (Å²) in [5, 5.41) is 3.53. The number of benzene rings is 1. The van der Waals surface area contributed by atoms with Crippen LogP contribution in [0.25, 0.3) is 0 Å². The zero-order chi connectivity index (χ0) is 13.5. The SMILES string of the molecule is Cc1ccccc1NCCN(CC(C)C)C(C)C. The third kappa shape index (κ3) is 5.09. The number of rotatable bonds is 7. The van der Waals surface area contributed by atoms with Gasteiger partial charge in [0.15, 0.2) is 0 Å². The maximum absolute atomic E-state index is 3.53. The van der Waals surface area contributed by atoms with E-state index >= 15 is 0 Å². The van der Waals surface area contributed by atoms with Crippen molar-refractivity contribution in [1.29, 1.82) is 0 Å². The van der Waals surface area contributed by atoms with E-state index in [0.717, 1.165) is 19.0 Å². The highest BCUT2D eigenvalue weighted by atomic mass is 15.2. The first-order valence-corrected chi connectivity index (χ1v) is 7.04. The summed E-state index contributed by atoms with van der Waals surface area (Å²) in [7, 11) is 0. The van der Waals surface area contributed by atoms with Crippen LogP contribution >= 0.6 is 0 Å². The fourth-order valence-corrected chi connectivity index (χ4v) is 2.13. The number of anilines is 1. The van der Waals surface area contributed by atoms with Crippen LogP contribution in [0.4, 0.5) is 5.69 Å². The average molecular weight is 248 g/mol. The molecular weight excluding hydrogens is 220 g/mol. The molecule has 0 bridgehead atoms. The maximum atomic E-state index is 3.53. The van der Waals surface area contributed by atoms with Gasteiger partial charge in [-0.05, 0) is 38.3 Å². The van der Waals surface area contributed by atoms with Gasteiger partial charge in [-0.2, -0.15) is 0 Å². The number of nitrogens with one attached hydrogen (secondary N) is 1. The summed E-state index contributed by atoms with van der Waals surface area (Å²) in [4.78, 5) is 2.54. The molecule has 1 aromatic carbocycles. The summed E-state index contributed by atoms with van der Waals surface area (Å²) in [5.74, 6) is 0.728. The fraction of sp³-hybridized carbons (Fsp3) is 0.625. The number of hydrogen-bond donors (Lipinski definition) is 1. The van der Waals surface area contributed by atoms with Crippen LogP contribution in [0.3, 0.4) is 0 Å². The predicted molar refractivity (Wildman–Crippen MR) is 81.2 cm³/mol. The highest BCUT2D eigenvalue weighted by Gasteiger charge is 2.10. The Balaban J connectivity index is 2.41. The first-order chi connectivity index (χ1) is 8.50. The Labute approximate surface area is 112 Å². The lowest BCUT2D eigenvalue weighted by molar-refractivity contribution is 0.205. The summed E-state index contributed by atoms with van der Waals surface area (Å²) in [6, 6.07) is 9.09. The van der Waals surface area contributed by atoms with E-state index in [1.165, 1.54) is 17.8 Å². The van der Waals surface area contributed by atoms with Crippen LogP contribution in [0.2, 0.25) is 0 Å². The summed E-state index contributed by atoms with van der Waals surface area (Å²) < 4.78 is 0. The van der Waals surface area contributed by atoms with Crippen LogP contribution in [-0.4, -0.2) is 30.6 Å². The third-order valence-electron chi connectivity index (χ3n) is 3.19. The molecular formula is C16H28N2. The van der Waals surface area contributed by atoms with Gasteiger partial charge in [0.05, 0.1) is 0 Å². The fourth-order valence-electron chi connectivity index (χ4n) is 2.13. The molecule has 1 N–H and O–H groups in total. The first kappa shape index (κ1) is 15.0. The van der Waals surface area contributed by atoms with Crippen molar-refractivity contribution in [2.75, 3.05) is 25.0 Å². The second-order valence-corrected chi connectivity index (χ2v) is 5.72. The van der Waals surface area contributed by atoms with E-state index in [1.54, 1.807) is 0 Å². The van der Waals surface area contributed by atoms with Crippen molar-refractivity contribution in [3.8, 4) is 0 Å². The van der Waals surface area contributed by atoms with Gasteiger partial charge >= 0.3 is 0 Å². The molecule has 0 heterocycles. The van der Waals surface area contributed by atoms with Gasteiger partial charge in [-0.25, -0.2) is 0 Å². The van der Waals surface area contributed by atoms with E-state index in [2.05, 4.69) is 69.1 Å². The maximum Gasteiger partial charge on any atom is 0.0370 e. The summed E-state index contributed by atoms with van der Waals surface area (Å²) in [5.41, 5.74) is 2.57. The monoisotopic (exact) mass is 248 g/mol. The quantitative estimate of drug-likeness (QED) is 0.790. The van der Waals surface area contributed by atoms with Gasteiger partial charge in [0.2, 0.25) is 0 Å². The van der Waals surface area contributed by atoms with Gasteiger partial charge in [0, 0.05) is 31.4 Å². The highest BCUT2D eigenvalue weighted by molar-refractivity contribution is 5.50. The Bertz CT molecular complexity index is 345. The highest BCUT2D eigenvalue weighted by Crippen LogP contribution is 2.12. The predicted octanol–water partition coefficient (Wildman–Crippen LogP) is 3.77. The number of aryl methyl sites for hydroxylation is 1. The standard InChI is InChI=1S/C16H28N2/c1-13(2)12-18(14(3)4)11-10-17-16-9-7-6-8-15(16)5/h6-9,13-14,17H,10-12H2,1-5H3. The van der Waals surface area contributed by atoms with Crippen LogP contribution in [-0.2, 0) is 0 Å². The molecule has 0 atom stereocenters. The van der Waals surface area contributed by atoms with Crippen LogP contribution in [0.5, 0.6) is 0 Å². The number of para-hydroxylation sites is 1. The van der Waals surface area contributed by atoms with Crippen molar-refractivity contribution in [2.45, 2.75) is 40.7 Å². The van der Waals surface area contributed by atoms with Crippen molar-refractivity contribution in [3.63, 3.8) is 0 Å². The van der Waals surface area contributed by atoms with Gasteiger partial charge in [0.1, 0.15) is 0 Å². The third-order valence-corrected chi connectivity index (χ3v) is 3.19. The van der Waals surface area contributed by atoms with Gasteiger partial charge in [0.25, 0.3) is 0 Å². The van der Waals surface area contributed by atoms with Crippen LogP contribution in [0.1, 0.15) is 33.3 Å². The molecule has 1 aromatic rings. The molecule has 0 aliphatic carbocycles. The lowest BCUT2D eigenvalue weighted by Gasteiger charge is -2.28. The summed E-state index contributed by atoms with van der Waals surface area (Å²) in [6.07, 6.45) is 0. The second kappa shape index (κ2) is 7.42. The second-order valence-electron chi connectivity index (χ2n) is 5.72. The molecule has 2 nitrogen and oxygen atoms in total. The van der Waals surface area contributed by atoms with E-state index in [4.69, 9.17) is 0 Å². The molecule has 102 valence electrons. The smallest absolute Gasteiger partial charge is 0.0370 e. The number of nitrogens with zero attached hydrogens (tertiary/aromatic N) is 1. The lowest BCUT2D eigenvalue weighted by Crippen LogP contribution is -2.37. The molecule has 0 radical (unpaired) electrons. The normalized spacial score (nSPS) is 11.6. The summed E-state index contributed by atoms with van der Waals surface area (Å²) in [6.45, 7) is 14.5. The Kier molecular flexibility index (Phi) is 6.20. The molecule has 0 fully saturated rings. The van der Waals surface area contributed by atoms with Crippen molar-refractivity contribution < 1.29 is 0 Å². The van der Waals surface area contributed by atoms with E-state index < -0.39 is 0 Å². The van der Waals surface area contributed by atoms with Gasteiger partial charge in [-0.3, -0.25) is 4.90 Å². The number of hydrogen-bond acceptors (Lipinski definition) is 2. The zero-order valence-corrected chi connectivity index (χ0v) is 12.5. The van der Waals surface area contributed by atoms with Gasteiger partial charge in [-0.15, -0.1) is 0 Å². The Morgan fingerprint density at radius 3 is 2.33 bits per heavy atom. The minimum absolute atomic E-state index is 0.617. The molecule has 0 unspecified atom stereocenters. The van der Waals surface area contributed by atoms with Gasteiger partial charge < -0.3 is 5.32 Å². The van der Waals surface area contributed by atoms with Crippen molar-refractivity contribution in [1.82, 2.24) is 4.90 Å². The van der Waals surface area contributed by atoms with E-state index in [-0.39, 0.29) is 0 Å². The van der Waals surface area contributed by atoms with Crippen LogP contribution in [0.15, 0.2) is 24.3 Å². The molecule has 2 heteroatoms. The largest absolute Gasteiger partial charge is 0.384 e. The Morgan fingerprint density at radius 2 is 1.78 bits per heavy atom. The van der Waals surface area contributed by atoms with Crippen LogP contribution in [0, 0.1) is 12.8 Å². The first-order valence-electron chi connectivity index (χ1n) is 7.04. The molecule has 0 saturated heterocycles. The molecule has 0 aromatic heterocycles. The lowest BCUT2D eigenvalue weighted by atomic mass is 10.1. The minimum Gasteiger partial charge on any atom is -0.384 e. The van der Waals surface area contributed by atoms with Crippen molar-refractivity contribution in [2.24, 2.45) is 5.92 Å².